The van der Waals surface area contributed by atoms with Crippen LogP contribution in [0.1, 0.15) is 12.1 Å². The molecule has 0 spiro atoms. The predicted molar refractivity (Wildman–Crippen MR) is 61.4 cm³/mol. The molecule has 0 saturated carbocycles. The number of methoxy groups -OCH3 is 1. The van der Waals surface area contributed by atoms with Crippen LogP contribution < -0.4 is 10.6 Å². The number of aromatic nitrogens is 2. The maximum Gasteiger partial charge on any atom is 0.307 e. The van der Waals surface area contributed by atoms with Gasteiger partial charge in [-0.25, -0.2) is 4.98 Å². The molecule has 6 nitrogen and oxygen atoms in total. The molecule has 0 unspecified atom stereocenters. The Morgan fingerprint density at radius 2 is 2.25 bits per heavy atom. The Balaban J connectivity index is 2.53. The maximum atomic E-state index is 10.9. The van der Waals surface area contributed by atoms with Gasteiger partial charge in [-0.15, -0.1) is 0 Å². The molecule has 1 heterocycles. The number of anilines is 2. The smallest absolute Gasteiger partial charge is 0.307 e. The predicted octanol–water partition coefficient (Wildman–Crippen LogP) is 0.802. The van der Waals surface area contributed by atoms with Crippen molar-refractivity contribution in [2.24, 2.45) is 0 Å². The van der Waals surface area contributed by atoms with Crippen LogP contribution in [0.25, 0.3) is 0 Å². The Hall–Kier alpha value is -1.85. The number of ether oxygens (including phenoxy) is 1. The number of carbonyl (C=O) groups is 1. The van der Waals surface area contributed by atoms with E-state index in [1.54, 1.807) is 7.05 Å². The van der Waals surface area contributed by atoms with Crippen LogP contribution in [0.15, 0.2) is 6.07 Å². The minimum atomic E-state index is -0.243. The van der Waals surface area contributed by atoms with E-state index in [1.807, 2.05) is 13.0 Å². The lowest BCUT2D eigenvalue weighted by atomic mass is 10.4. The fourth-order valence-corrected chi connectivity index (χ4v) is 1.17. The zero-order valence-corrected chi connectivity index (χ0v) is 9.70. The van der Waals surface area contributed by atoms with Crippen LogP contribution in [0, 0.1) is 6.92 Å². The number of hydrogen-bond acceptors (Lipinski definition) is 6. The monoisotopic (exact) mass is 224 g/mol. The lowest BCUT2D eigenvalue weighted by Gasteiger charge is -2.07. The summed E-state index contributed by atoms with van der Waals surface area (Å²) in [6.45, 7) is 2.38. The van der Waals surface area contributed by atoms with Gasteiger partial charge in [-0.3, -0.25) is 4.79 Å². The van der Waals surface area contributed by atoms with E-state index in [0.717, 1.165) is 5.69 Å². The summed E-state index contributed by atoms with van der Waals surface area (Å²) >= 11 is 0. The number of aryl methyl sites for hydroxylation is 1. The van der Waals surface area contributed by atoms with Crippen molar-refractivity contribution >= 4 is 17.7 Å². The molecule has 16 heavy (non-hydrogen) atoms. The first kappa shape index (κ1) is 12.2. The third kappa shape index (κ3) is 3.72. The third-order valence-electron chi connectivity index (χ3n) is 1.94. The van der Waals surface area contributed by atoms with Gasteiger partial charge < -0.3 is 15.4 Å². The standard InChI is InChI=1S/C10H16N4O2/c1-7-6-8(14-10(11-2)13-7)12-5-4-9(15)16-3/h6H,4-5H2,1-3H3,(H2,11,12,13,14). The average Bonchev–Trinajstić information content (AvgIpc) is 2.28. The zero-order chi connectivity index (χ0) is 12.0. The van der Waals surface area contributed by atoms with Gasteiger partial charge in [0.2, 0.25) is 5.95 Å². The first-order valence-electron chi connectivity index (χ1n) is 5.00. The van der Waals surface area contributed by atoms with Crippen molar-refractivity contribution in [3.63, 3.8) is 0 Å². The highest BCUT2D eigenvalue weighted by molar-refractivity contribution is 5.69. The number of rotatable bonds is 5. The van der Waals surface area contributed by atoms with Crippen LogP contribution in [0.5, 0.6) is 0 Å². The Labute approximate surface area is 94.4 Å². The quantitative estimate of drug-likeness (QED) is 0.720. The van der Waals surface area contributed by atoms with E-state index >= 15 is 0 Å². The topological polar surface area (TPSA) is 76.1 Å². The van der Waals surface area contributed by atoms with E-state index in [2.05, 4.69) is 25.3 Å². The summed E-state index contributed by atoms with van der Waals surface area (Å²) in [4.78, 5) is 19.2. The number of nitrogens with one attached hydrogen (secondary N) is 2. The SMILES string of the molecule is CNc1nc(C)cc(NCCC(=O)OC)n1. The fraction of sp³-hybridized carbons (Fsp3) is 0.500. The van der Waals surface area contributed by atoms with E-state index in [-0.39, 0.29) is 5.97 Å². The molecule has 1 rings (SSSR count). The second-order valence-corrected chi connectivity index (χ2v) is 3.22. The molecule has 0 aliphatic heterocycles. The summed E-state index contributed by atoms with van der Waals surface area (Å²) in [5.74, 6) is 1.01. The van der Waals surface area contributed by atoms with Crippen molar-refractivity contribution in [3.05, 3.63) is 11.8 Å². The minimum Gasteiger partial charge on any atom is -0.469 e. The lowest BCUT2D eigenvalue weighted by Crippen LogP contribution is -2.11. The van der Waals surface area contributed by atoms with E-state index in [4.69, 9.17) is 0 Å². The van der Waals surface area contributed by atoms with Crippen LogP contribution in [-0.4, -0.2) is 36.6 Å². The van der Waals surface area contributed by atoms with Gasteiger partial charge in [0.1, 0.15) is 5.82 Å². The molecule has 2 N–H and O–H groups in total. The van der Waals surface area contributed by atoms with Gasteiger partial charge in [-0.05, 0) is 6.92 Å². The van der Waals surface area contributed by atoms with Crippen molar-refractivity contribution in [2.45, 2.75) is 13.3 Å². The van der Waals surface area contributed by atoms with Crippen molar-refractivity contribution in [1.29, 1.82) is 0 Å². The van der Waals surface area contributed by atoms with Crippen LogP contribution in [0.3, 0.4) is 0 Å². The molecule has 6 heteroatoms. The minimum absolute atomic E-state index is 0.243. The summed E-state index contributed by atoms with van der Waals surface area (Å²) in [5, 5.41) is 5.90. The summed E-state index contributed by atoms with van der Waals surface area (Å²) in [6.07, 6.45) is 0.314. The molecule has 0 fully saturated rings. The third-order valence-corrected chi connectivity index (χ3v) is 1.94. The molecule has 88 valence electrons. The second-order valence-electron chi connectivity index (χ2n) is 3.22. The first-order valence-corrected chi connectivity index (χ1v) is 5.00. The van der Waals surface area contributed by atoms with Gasteiger partial charge in [0, 0.05) is 25.4 Å². The number of carbonyl (C=O) groups excluding carboxylic acids is 1. The number of nitrogens with zero attached hydrogens (tertiary/aromatic N) is 2. The Morgan fingerprint density at radius 1 is 1.50 bits per heavy atom. The first-order chi connectivity index (χ1) is 7.65. The largest absolute Gasteiger partial charge is 0.469 e. The van der Waals surface area contributed by atoms with Gasteiger partial charge in [0.25, 0.3) is 0 Å². The molecule has 0 aliphatic carbocycles. The fourth-order valence-electron chi connectivity index (χ4n) is 1.17. The van der Waals surface area contributed by atoms with Gasteiger partial charge in [0.05, 0.1) is 13.5 Å². The number of hydrogen-bond donors (Lipinski definition) is 2. The van der Waals surface area contributed by atoms with E-state index in [1.165, 1.54) is 7.11 Å². The molecular formula is C10H16N4O2. The number of esters is 1. The maximum absolute atomic E-state index is 10.9. The molecular weight excluding hydrogens is 208 g/mol. The molecule has 0 saturated heterocycles. The molecule has 0 atom stereocenters. The highest BCUT2D eigenvalue weighted by Gasteiger charge is 2.02. The van der Waals surface area contributed by atoms with Gasteiger partial charge in [-0.2, -0.15) is 4.98 Å². The summed E-state index contributed by atoms with van der Waals surface area (Å²) in [5.41, 5.74) is 0.861. The highest BCUT2D eigenvalue weighted by Crippen LogP contribution is 2.08. The molecule has 0 aliphatic rings. The van der Waals surface area contributed by atoms with Crippen molar-refractivity contribution in [1.82, 2.24) is 9.97 Å². The van der Waals surface area contributed by atoms with Gasteiger partial charge >= 0.3 is 5.97 Å². The molecule has 0 bridgehead atoms. The van der Waals surface area contributed by atoms with Crippen LogP contribution in [0.2, 0.25) is 0 Å². The van der Waals surface area contributed by atoms with E-state index in [0.29, 0.717) is 24.7 Å². The Bertz CT molecular complexity index is 368. The van der Waals surface area contributed by atoms with Crippen molar-refractivity contribution < 1.29 is 9.53 Å². The molecule has 1 aromatic heterocycles. The zero-order valence-electron chi connectivity index (χ0n) is 9.70. The lowest BCUT2D eigenvalue weighted by molar-refractivity contribution is -0.140. The highest BCUT2D eigenvalue weighted by atomic mass is 16.5. The van der Waals surface area contributed by atoms with Gasteiger partial charge in [-0.1, -0.05) is 0 Å². The van der Waals surface area contributed by atoms with Crippen molar-refractivity contribution in [3.8, 4) is 0 Å². The second kappa shape index (κ2) is 5.89. The molecule has 1 aromatic rings. The van der Waals surface area contributed by atoms with Gasteiger partial charge in [0.15, 0.2) is 0 Å². The van der Waals surface area contributed by atoms with E-state index < -0.39 is 0 Å². The molecule has 0 radical (unpaired) electrons. The van der Waals surface area contributed by atoms with Crippen LogP contribution in [0.4, 0.5) is 11.8 Å². The summed E-state index contributed by atoms with van der Waals surface area (Å²) < 4.78 is 4.53. The van der Waals surface area contributed by atoms with E-state index in [9.17, 15) is 4.79 Å². The Morgan fingerprint density at radius 3 is 2.88 bits per heavy atom. The van der Waals surface area contributed by atoms with Crippen molar-refractivity contribution in [2.75, 3.05) is 31.3 Å². The molecule has 0 amide bonds. The summed E-state index contributed by atoms with van der Waals surface area (Å²) in [6, 6.07) is 1.82. The molecule has 0 aromatic carbocycles. The van der Waals surface area contributed by atoms with Crippen LogP contribution in [-0.2, 0) is 9.53 Å². The normalized spacial score (nSPS) is 9.69. The van der Waals surface area contributed by atoms with Crippen LogP contribution >= 0.6 is 0 Å². The summed E-state index contributed by atoms with van der Waals surface area (Å²) in [7, 11) is 3.13. The Kier molecular flexibility index (Phi) is 4.50. The average molecular weight is 224 g/mol.